The lowest BCUT2D eigenvalue weighted by molar-refractivity contribution is 0.390. The molecular formula is C13H17ClN2S. The molecule has 0 fully saturated rings. The molecular weight excluding hydrogens is 252 g/mol. The maximum atomic E-state index is 6.12. The fraction of sp³-hybridized carbons (Fsp3) is 0.462. The Morgan fingerprint density at radius 2 is 2.12 bits per heavy atom. The van der Waals surface area contributed by atoms with Crippen molar-refractivity contribution >= 4 is 38.3 Å². The molecule has 2 nitrogen and oxygen atoms in total. The summed E-state index contributed by atoms with van der Waals surface area (Å²) in [7, 11) is 0. The van der Waals surface area contributed by atoms with Crippen molar-refractivity contribution in [2.24, 2.45) is 5.41 Å². The molecule has 0 aliphatic rings. The SMILES string of the molecule is CC(C)(C)CCNc1nc2cccc(Cl)c2s1. The van der Waals surface area contributed by atoms with Gasteiger partial charge in [-0.2, -0.15) is 0 Å². The quantitative estimate of drug-likeness (QED) is 0.865. The molecule has 0 saturated heterocycles. The Kier molecular flexibility index (Phi) is 3.59. The van der Waals surface area contributed by atoms with Crippen molar-refractivity contribution in [3.63, 3.8) is 0 Å². The zero-order valence-electron chi connectivity index (χ0n) is 10.4. The predicted molar refractivity (Wildman–Crippen MR) is 77.2 cm³/mol. The van der Waals surface area contributed by atoms with E-state index in [1.165, 1.54) is 0 Å². The number of benzene rings is 1. The Hall–Kier alpha value is -0.800. The van der Waals surface area contributed by atoms with E-state index in [4.69, 9.17) is 11.6 Å². The first-order valence-corrected chi connectivity index (χ1v) is 6.94. The van der Waals surface area contributed by atoms with Gasteiger partial charge in [0.1, 0.15) is 0 Å². The summed E-state index contributed by atoms with van der Waals surface area (Å²) in [6, 6.07) is 5.83. The Balaban J connectivity index is 2.07. The summed E-state index contributed by atoms with van der Waals surface area (Å²) in [4.78, 5) is 4.52. The number of fused-ring (bicyclic) bond motifs is 1. The average Bonchev–Trinajstić information content (AvgIpc) is 2.60. The molecule has 2 rings (SSSR count). The normalized spacial score (nSPS) is 12.0. The highest BCUT2D eigenvalue weighted by molar-refractivity contribution is 7.22. The van der Waals surface area contributed by atoms with Crippen LogP contribution in [-0.2, 0) is 0 Å². The first-order chi connectivity index (χ1) is 7.96. The van der Waals surface area contributed by atoms with E-state index in [9.17, 15) is 0 Å². The molecule has 1 aromatic carbocycles. The van der Waals surface area contributed by atoms with Crippen molar-refractivity contribution < 1.29 is 0 Å². The van der Waals surface area contributed by atoms with Crippen LogP contribution in [0.5, 0.6) is 0 Å². The first-order valence-electron chi connectivity index (χ1n) is 5.75. The van der Waals surface area contributed by atoms with Crippen molar-refractivity contribution in [3.05, 3.63) is 23.2 Å². The Morgan fingerprint density at radius 1 is 1.35 bits per heavy atom. The summed E-state index contributed by atoms with van der Waals surface area (Å²) in [5, 5.41) is 5.10. The predicted octanol–water partition coefficient (Wildman–Crippen LogP) is 4.80. The Labute approximate surface area is 111 Å². The lowest BCUT2D eigenvalue weighted by Crippen LogP contribution is -2.12. The van der Waals surface area contributed by atoms with Gasteiger partial charge >= 0.3 is 0 Å². The monoisotopic (exact) mass is 268 g/mol. The van der Waals surface area contributed by atoms with E-state index in [1.807, 2.05) is 18.2 Å². The number of hydrogen-bond acceptors (Lipinski definition) is 3. The van der Waals surface area contributed by atoms with Gasteiger partial charge in [0.05, 0.1) is 15.2 Å². The molecule has 2 aromatic rings. The molecule has 1 N–H and O–H groups in total. The van der Waals surface area contributed by atoms with Gasteiger partial charge in [-0.15, -0.1) is 0 Å². The number of nitrogens with zero attached hydrogens (tertiary/aromatic N) is 1. The van der Waals surface area contributed by atoms with E-state index < -0.39 is 0 Å². The van der Waals surface area contributed by atoms with Crippen LogP contribution in [0, 0.1) is 5.41 Å². The summed E-state index contributed by atoms with van der Waals surface area (Å²) in [6.45, 7) is 7.67. The first kappa shape index (κ1) is 12.7. The minimum atomic E-state index is 0.349. The standard InChI is InChI=1S/C13H17ClN2S/c1-13(2,3)7-8-15-12-16-10-6-4-5-9(14)11(10)17-12/h4-6H,7-8H2,1-3H3,(H,15,16). The van der Waals surface area contributed by atoms with Crippen molar-refractivity contribution in [1.82, 2.24) is 4.98 Å². The van der Waals surface area contributed by atoms with Gasteiger partial charge < -0.3 is 5.32 Å². The number of halogens is 1. The molecule has 0 atom stereocenters. The number of nitrogens with one attached hydrogen (secondary N) is 1. The second kappa shape index (κ2) is 4.83. The molecule has 0 spiro atoms. The van der Waals surface area contributed by atoms with Crippen LogP contribution in [0.3, 0.4) is 0 Å². The van der Waals surface area contributed by atoms with Gasteiger partial charge in [0.2, 0.25) is 0 Å². The summed E-state index contributed by atoms with van der Waals surface area (Å²) < 4.78 is 1.06. The molecule has 1 heterocycles. The second-order valence-electron chi connectivity index (χ2n) is 5.34. The van der Waals surface area contributed by atoms with Gasteiger partial charge in [0.15, 0.2) is 5.13 Å². The van der Waals surface area contributed by atoms with Gasteiger partial charge in [-0.05, 0) is 24.0 Å². The third kappa shape index (κ3) is 3.33. The topological polar surface area (TPSA) is 24.9 Å². The maximum absolute atomic E-state index is 6.12. The van der Waals surface area contributed by atoms with Gasteiger partial charge in [-0.1, -0.05) is 49.8 Å². The zero-order chi connectivity index (χ0) is 12.5. The highest BCUT2D eigenvalue weighted by Crippen LogP contribution is 2.31. The number of hydrogen-bond donors (Lipinski definition) is 1. The lowest BCUT2D eigenvalue weighted by Gasteiger charge is -2.17. The maximum Gasteiger partial charge on any atom is 0.183 e. The molecule has 0 aliphatic carbocycles. The van der Waals surface area contributed by atoms with E-state index in [1.54, 1.807) is 11.3 Å². The smallest absolute Gasteiger partial charge is 0.183 e. The highest BCUT2D eigenvalue weighted by atomic mass is 35.5. The highest BCUT2D eigenvalue weighted by Gasteiger charge is 2.10. The lowest BCUT2D eigenvalue weighted by atomic mass is 9.92. The minimum Gasteiger partial charge on any atom is -0.361 e. The van der Waals surface area contributed by atoms with Gasteiger partial charge in [-0.3, -0.25) is 0 Å². The number of anilines is 1. The summed E-state index contributed by atoms with van der Waals surface area (Å²) in [5.74, 6) is 0. The Bertz CT molecular complexity index is 514. The van der Waals surface area contributed by atoms with Crippen LogP contribution in [0.15, 0.2) is 18.2 Å². The fourth-order valence-electron chi connectivity index (χ4n) is 1.54. The number of rotatable bonds is 3. The van der Waals surface area contributed by atoms with Crippen LogP contribution in [0.25, 0.3) is 10.2 Å². The molecule has 0 amide bonds. The van der Waals surface area contributed by atoms with Crippen LogP contribution in [0.4, 0.5) is 5.13 Å². The third-order valence-electron chi connectivity index (χ3n) is 2.52. The van der Waals surface area contributed by atoms with E-state index >= 15 is 0 Å². The fourth-order valence-corrected chi connectivity index (χ4v) is 2.72. The van der Waals surface area contributed by atoms with E-state index in [0.717, 1.165) is 33.3 Å². The molecule has 0 saturated carbocycles. The van der Waals surface area contributed by atoms with Crippen LogP contribution < -0.4 is 5.32 Å². The number of thiazole rings is 1. The van der Waals surface area contributed by atoms with Gasteiger partial charge in [0.25, 0.3) is 0 Å². The average molecular weight is 269 g/mol. The molecule has 0 bridgehead atoms. The van der Waals surface area contributed by atoms with E-state index in [-0.39, 0.29) is 0 Å². The molecule has 1 aromatic heterocycles. The van der Waals surface area contributed by atoms with Crippen molar-refractivity contribution in [2.75, 3.05) is 11.9 Å². The molecule has 92 valence electrons. The summed E-state index contributed by atoms with van der Waals surface area (Å²) >= 11 is 7.74. The van der Waals surface area contributed by atoms with E-state index in [2.05, 4.69) is 31.1 Å². The van der Waals surface area contributed by atoms with Gasteiger partial charge in [-0.25, -0.2) is 4.98 Å². The summed E-state index contributed by atoms with van der Waals surface area (Å²) in [6.07, 6.45) is 1.12. The van der Waals surface area contributed by atoms with Crippen LogP contribution in [-0.4, -0.2) is 11.5 Å². The summed E-state index contributed by atoms with van der Waals surface area (Å²) in [5.41, 5.74) is 1.32. The molecule has 0 aliphatic heterocycles. The van der Waals surface area contributed by atoms with Gasteiger partial charge in [0, 0.05) is 6.54 Å². The zero-order valence-corrected chi connectivity index (χ0v) is 12.0. The Morgan fingerprint density at radius 3 is 2.76 bits per heavy atom. The third-order valence-corrected chi connectivity index (χ3v) is 4.01. The number of aromatic nitrogens is 1. The molecule has 4 heteroatoms. The molecule has 17 heavy (non-hydrogen) atoms. The van der Waals surface area contributed by atoms with Crippen molar-refractivity contribution in [3.8, 4) is 0 Å². The minimum absolute atomic E-state index is 0.349. The van der Waals surface area contributed by atoms with Crippen LogP contribution >= 0.6 is 22.9 Å². The molecule has 0 radical (unpaired) electrons. The van der Waals surface area contributed by atoms with E-state index in [0.29, 0.717) is 5.41 Å². The second-order valence-corrected chi connectivity index (χ2v) is 6.75. The van der Waals surface area contributed by atoms with Crippen molar-refractivity contribution in [2.45, 2.75) is 27.2 Å². The van der Waals surface area contributed by atoms with Crippen LogP contribution in [0.1, 0.15) is 27.2 Å². The van der Waals surface area contributed by atoms with Crippen molar-refractivity contribution in [1.29, 1.82) is 0 Å². The van der Waals surface area contributed by atoms with Crippen LogP contribution in [0.2, 0.25) is 5.02 Å². The molecule has 0 unspecified atom stereocenters. The largest absolute Gasteiger partial charge is 0.361 e.